The Morgan fingerprint density at radius 2 is 1.76 bits per heavy atom. The number of nitrogens with zero attached hydrogens (tertiary/aromatic N) is 3. The van der Waals surface area contributed by atoms with Gasteiger partial charge in [0.1, 0.15) is 11.3 Å². The number of hydrogen-bond donors (Lipinski definition) is 1. The van der Waals surface area contributed by atoms with Crippen LogP contribution >= 0.6 is 0 Å². The SMILES string of the molecule is [C-]#[N+]N(C)c1cccc(-c2cnc3[nH]cc(-c4ccccc4)c3c2)c1. The van der Waals surface area contributed by atoms with Gasteiger partial charge in [-0.25, -0.2) is 4.98 Å². The lowest BCUT2D eigenvalue weighted by Crippen LogP contribution is -2.04. The second kappa shape index (κ2) is 6.14. The van der Waals surface area contributed by atoms with Gasteiger partial charge in [0.25, 0.3) is 0 Å². The molecule has 1 N–H and O–H groups in total. The van der Waals surface area contributed by atoms with E-state index in [1.54, 1.807) is 7.05 Å². The molecule has 0 spiro atoms. The molecule has 2 aromatic carbocycles. The van der Waals surface area contributed by atoms with Gasteiger partial charge in [-0.2, -0.15) is 11.5 Å². The molecule has 0 aliphatic carbocycles. The van der Waals surface area contributed by atoms with Gasteiger partial charge in [-0.15, -0.1) is 0 Å². The van der Waals surface area contributed by atoms with Gasteiger partial charge in [0.2, 0.25) is 0 Å². The number of benzene rings is 2. The molecule has 0 radical (unpaired) electrons. The van der Waals surface area contributed by atoms with Gasteiger partial charge in [-0.1, -0.05) is 47.5 Å². The van der Waals surface area contributed by atoms with E-state index in [0.717, 1.165) is 39.0 Å². The Labute approximate surface area is 146 Å². The molecular formula is C21H16N4. The molecule has 0 fully saturated rings. The predicted molar refractivity (Wildman–Crippen MR) is 102 cm³/mol. The summed E-state index contributed by atoms with van der Waals surface area (Å²) in [6.45, 7) is 7.17. The summed E-state index contributed by atoms with van der Waals surface area (Å²) in [6.07, 6.45) is 3.87. The molecule has 2 heterocycles. The highest BCUT2D eigenvalue weighted by atomic mass is 15.4. The van der Waals surface area contributed by atoms with E-state index >= 15 is 0 Å². The minimum absolute atomic E-state index is 0.866. The van der Waals surface area contributed by atoms with Gasteiger partial charge in [-0.05, 0) is 29.3 Å². The highest BCUT2D eigenvalue weighted by Gasteiger charge is 2.10. The Hall–Kier alpha value is -3.58. The van der Waals surface area contributed by atoms with Gasteiger partial charge >= 0.3 is 0 Å². The standard InChI is InChI=1S/C21H16N4/c1-22-25(2)18-10-6-9-16(11-18)17-12-19-20(14-24-21(19)23-13-17)15-7-4-3-5-8-15/h3-14H,2H3,(H,23,24). The van der Waals surface area contributed by atoms with Crippen molar-refractivity contribution in [3.05, 3.63) is 84.6 Å². The molecule has 2 aromatic heterocycles. The lowest BCUT2D eigenvalue weighted by atomic mass is 10.0. The first-order chi connectivity index (χ1) is 12.3. The summed E-state index contributed by atoms with van der Waals surface area (Å²) in [5, 5.41) is 2.62. The normalized spacial score (nSPS) is 10.6. The quantitative estimate of drug-likeness (QED) is 0.417. The van der Waals surface area contributed by atoms with E-state index in [9.17, 15) is 0 Å². The summed E-state index contributed by atoms with van der Waals surface area (Å²) < 4.78 is 0. The topological polar surface area (TPSA) is 36.3 Å². The molecule has 0 amide bonds. The van der Waals surface area contributed by atoms with E-state index in [-0.39, 0.29) is 0 Å². The van der Waals surface area contributed by atoms with Crippen molar-refractivity contribution in [1.82, 2.24) is 9.97 Å². The monoisotopic (exact) mass is 324 g/mol. The molecule has 0 aliphatic rings. The fraction of sp³-hybridized carbons (Fsp3) is 0.0476. The Morgan fingerprint density at radius 3 is 2.56 bits per heavy atom. The highest BCUT2D eigenvalue weighted by Crippen LogP contribution is 2.31. The summed E-state index contributed by atoms with van der Waals surface area (Å²) in [7, 11) is 1.76. The smallest absolute Gasteiger partial charge is 0.137 e. The van der Waals surface area contributed by atoms with Crippen molar-refractivity contribution in [3.8, 4) is 22.3 Å². The van der Waals surface area contributed by atoms with Crippen LogP contribution in [-0.4, -0.2) is 17.0 Å². The first kappa shape index (κ1) is 15.0. The van der Waals surface area contributed by atoms with Crippen LogP contribution < -0.4 is 5.01 Å². The van der Waals surface area contributed by atoms with Gasteiger partial charge in [0, 0.05) is 28.9 Å². The zero-order chi connectivity index (χ0) is 17.2. The summed E-state index contributed by atoms with van der Waals surface area (Å²) in [5.41, 5.74) is 6.11. The van der Waals surface area contributed by atoms with Crippen LogP contribution in [0, 0.1) is 6.57 Å². The maximum absolute atomic E-state index is 7.17. The van der Waals surface area contributed by atoms with Crippen molar-refractivity contribution < 1.29 is 0 Å². The van der Waals surface area contributed by atoms with E-state index in [0.29, 0.717) is 0 Å². The van der Waals surface area contributed by atoms with Crippen LogP contribution in [0.5, 0.6) is 0 Å². The maximum atomic E-state index is 7.17. The number of fused-ring (bicyclic) bond motifs is 1. The summed E-state index contributed by atoms with van der Waals surface area (Å²) in [6, 6.07) is 20.4. The molecule has 4 rings (SSSR count). The first-order valence-electron chi connectivity index (χ1n) is 8.00. The van der Waals surface area contributed by atoms with Crippen molar-refractivity contribution in [2.75, 3.05) is 12.1 Å². The maximum Gasteiger partial charge on any atom is 0.137 e. The van der Waals surface area contributed by atoms with Crippen LogP contribution in [0.15, 0.2) is 73.1 Å². The van der Waals surface area contributed by atoms with E-state index in [2.05, 4.69) is 33.1 Å². The second-order valence-corrected chi connectivity index (χ2v) is 5.86. The number of hydrogen-bond acceptors (Lipinski definition) is 2. The number of anilines is 1. The van der Waals surface area contributed by atoms with Crippen molar-refractivity contribution in [2.45, 2.75) is 0 Å². The Morgan fingerprint density at radius 1 is 0.960 bits per heavy atom. The Bertz CT molecular complexity index is 1070. The number of nitrogens with one attached hydrogen (secondary N) is 1. The van der Waals surface area contributed by atoms with E-state index in [1.807, 2.05) is 54.9 Å². The summed E-state index contributed by atoms with van der Waals surface area (Å²) in [4.78, 5) is 11.3. The molecule has 0 bridgehead atoms. The zero-order valence-corrected chi connectivity index (χ0v) is 13.8. The fourth-order valence-corrected chi connectivity index (χ4v) is 2.96. The van der Waals surface area contributed by atoms with Crippen LogP contribution in [0.4, 0.5) is 5.69 Å². The number of rotatable bonds is 3. The average Bonchev–Trinajstić information content (AvgIpc) is 3.11. The van der Waals surface area contributed by atoms with E-state index in [1.165, 1.54) is 5.01 Å². The molecule has 0 atom stereocenters. The third-order valence-electron chi connectivity index (χ3n) is 4.32. The Balaban J connectivity index is 1.83. The molecule has 0 unspecified atom stereocenters. The van der Waals surface area contributed by atoms with Crippen molar-refractivity contribution >= 4 is 16.7 Å². The molecule has 4 heteroatoms. The number of aromatic amines is 1. The van der Waals surface area contributed by atoms with Crippen molar-refractivity contribution in [1.29, 1.82) is 0 Å². The van der Waals surface area contributed by atoms with Gasteiger partial charge in [-0.3, -0.25) is 0 Å². The fourth-order valence-electron chi connectivity index (χ4n) is 2.96. The van der Waals surface area contributed by atoms with Crippen LogP contribution in [-0.2, 0) is 0 Å². The van der Waals surface area contributed by atoms with Gasteiger partial charge < -0.3 is 4.98 Å². The zero-order valence-electron chi connectivity index (χ0n) is 13.8. The molecule has 4 nitrogen and oxygen atoms in total. The minimum Gasteiger partial charge on any atom is -0.346 e. The molecule has 0 saturated heterocycles. The summed E-state index contributed by atoms with van der Waals surface area (Å²) >= 11 is 0. The average molecular weight is 324 g/mol. The third-order valence-corrected chi connectivity index (χ3v) is 4.32. The van der Waals surface area contributed by atoms with Crippen molar-refractivity contribution in [2.24, 2.45) is 0 Å². The first-order valence-corrected chi connectivity index (χ1v) is 8.00. The number of H-pyrrole nitrogens is 1. The van der Waals surface area contributed by atoms with Gasteiger partial charge in [0.15, 0.2) is 0 Å². The van der Waals surface area contributed by atoms with E-state index < -0.39 is 0 Å². The largest absolute Gasteiger partial charge is 0.346 e. The van der Waals surface area contributed by atoms with Crippen molar-refractivity contribution in [3.63, 3.8) is 0 Å². The third kappa shape index (κ3) is 2.73. The molecular weight excluding hydrogens is 308 g/mol. The van der Waals surface area contributed by atoms with Crippen LogP contribution in [0.25, 0.3) is 38.2 Å². The molecule has 120 valence electrons. The Kier molecular flexibility index (Phi) is 3.68. The predicted octanol–water partition coefficient (Wildman–Crippen LogP) is 5.17. The van der Waals surface area contributed by atoms with Crippen LogP contribution in [0.3, 0.4) is 0 Å². The lowest BCUT2D eigenvalue weighted by molar-refractivity contribution is 1.20. The highest BCUT2D eigenvalue weighted by molar-refractivity contribution is 5.95. The van der Waals surface area contributed by atoms with Crippen LogP contribution in [0.1, 0.15) is 0 Å². The molecule has 25 heavy (non-hydrogen) atoms. The minimum atomic E-state index is 0.866. The second-order valence-electron chi connectivity index (χ2n) is 5.86. The van der Waals surface area contributed by atoms with Gasteiger partial charge in [0.05, 0.1) is 7.05 Å². The van der Waals surface area contributed by atoms with Crippen LogP contribution in [0.2, 0.25) is 0 Å². The number of pyridine rings is 1. The molecule has 0 saturated carbocycles. The molecule has 4 aromatic rings. The number of aromatic nitrogens is 2. The van der Waals surface area contributed by atoms with E-state index in [4.69, 9.17) is 6.57 Å². The molecule has 0 aliphatic heterocycles. The summed E-state index contributed by atoms with van der Waals surface area (Å²) in [5.74, 6) is 0. The lowest BCUT2D eigenvalue weighted by Gasteiger charge is -2.07.